The van der Waals surface area contributed by atoms with Gasteiger partial charge < -0.3 is 50.0 Å². The highest BCUT2D eigenvalue weighted by Gasteiger charge is 2.48. The number of aliphatic hydroxyl groups excluding tert-OH is 4. The van der Waals surface area contributed by atoms with Gasteiger partial charge in [-0.3, -0.25) is 0 Å². The lowest BCUT2D eigenvalue weighted by molar-refractivity contribution is -0.319. The highest BCUT2D eigenvalue weighted by atomic mass is 16.7. The molecule has 168 valence electrons. The van der Waals surface area contributed by atoms with Gasteiger partial charge in [0.25, 0.3) is 0 Å². The number of ether oxygens (including phenoxy) is 3. The Bertz CT molecular complexity index is 933. The lowest BCUT2D eigenvalue weighted by Crippen LogP contribution is -2.58. The molecule has 2 aliphatic rings. The Morgan fingerprint density at radius 1 is 0.839 bits per heavy atom. The normalized spacial score (nSPS) is 35.3. The first-order chi connectivity index (χ1) is 14.7. The van der Waals surface area contributed by atoms with Crippen molar-refractivity contribution in [2.45, 2.75) is 55.9 Å². The Kier molecular flexibility index (Phi) is 5.69. The van der Waals surface area contributed by atoms with Crippen LogP contribution in [0.2, 0.25) is 0 Å². The van der Waals surface area contributed by atoms with E-state index in [0.717, 1.165) is 6.07 Å². The molecule has 0 radical (unpaired) electrons. The molecule has 8 atom stereocenters. The summed E-state index contributed by atoms with van der Waals surface area (Å²) in [5, 5.41) is 71.0. The van der Waals surface area contributed by atoms with Crippen LogP contribution in [-0.2, 0) is 9.47 Å². The molecule has 7 N–H and O–H groups in total. The summed E-state index contributed by atoms with van der Waals surface area (Å²) in [6, 6.07) is 8.16. The largest absolute Gasteiger partial charge is 0.508 e. The van der Waals surface area contributed by atoms with Crippen LogP contribution in [0, 0.1) is 0 Å². The Morgan fingerprint density at radius 3 is 2.19 bits per heavy atom. The van der Waals surface area contributed by atoms with Gasteiger partial charge in [0.1, 0.15) is 53.5 Å². The molecule has 0 spiro atoms. The molecule has 0 aliphatic carbocycles. The molecule has 2 heterocycles. The zero-order valence-electron chi connectivity index (χ0n) is 16.4. The van der Waals surface area contributed by atoms with Crippen LogP contribution >= 0.6 is 0 Å². The molecule has 1 saturated heterocycles. The molecule has 2 aliphatic heterocycles. The molecule has 0 amide bonds. The lowest BCUT2D eigenvalue weighted by atomic mass is 9.91. The van der Waals surface area contributed by atoms with E-state index in [2.05, 4.69) is 0 Å². The fourth-order valence-corrected chi connectivity index (χ4v) is 3.87. The smallest absolute Gasteiger partial charge is 0.187 e. The van der Waals surface area contributed by atoms with Gasteiger partial charge in [0.15, 0.2) is 12.4 Å². The molecule has 10 nitrogen and oxygen atoms in total. The third-order valence-electron chi connectivity index (χ3n) is 5.59. The molecular formula is C21H24O10. The zero-order valence-corrected chi connectivity index (χ0v) is 16.4. The van der Waals surface area contributed by atoms with Crippen molar-refractivity contribution in [2.24, 2.45) is 0 Å². The van der Waals surface area contributed by atoms with E-state index in [1.807, 2.05) is 0 Å². The first-order valence-corrected chi connectivity index (χ1v) is 9.72. The van der Waals surface area contributed by atoms with Gasteiger partial charge in [-0.2, -0.15) is 0 Å². The summed E-state index contributed by atoms with van der Waals surface area (Å²) in [6.07, 6.45) is -10.5. The van der Waals surface area contributed by atoms with E-state index in [1.54, 1.807) is 0 Å². The van der Waals surface area contributed by atoms with Crippen molar-refractivity contribution in [2.75, 3.05) is 0 Å². The number of aromatic hydroxyl groups is 3. The number of rotatable bonds is 3. The second kappa shape index (κ2) is 8.15. The maximum absolute atomic E-state index is 11.0. The topological polar surface area (TPSA) is 169 Å². The first-order valence-electron chi connectivity index (χ1n) is 9.72. The number of fused-ring (bicyclic) bond motifs is 1. The Labute approximate surface area is 177 Å². The van der Waals surface area contributed by atoms with Gasteiger partial charge in [0, 0.05) is 12.1 Å². The highest BCUT2D eigenvalue weighted by molar-refractivity contribution is 5.53. The quantitative estimate of drug-likeness (QED) is 0.352. The lowest BCUT2D eigenvalue weighted by Gasteiger charge is -2.43. The minimum absolute atomic E-state index is 0.00485. The third-order valence-corrected chi connectivity index (χ3v) is 5.59. The van der Waals surface area contributed by atoms with Crippen LogP contribution in [0.15, 0.2) is 36.4 Å². The summed E-state index contributed by atoms with van der Waals surface area (Å²) >= 11 is 0. The van der Waals surface area contributed by atoms with E-state index in [9.17, 15) is 35.7 Å². The van der Waals surface area contributed by atoms with Crippen molar-refractivity contribution in [3.05, 3.63) is 47.5 Å². The molecule has 2 aromatic carbocycles. The molecule has 0 saturated carbocycles. The molecule has 1 fully saturated rings. The van der Waals surface area contributed by atoms with Crippen LogP contribution in [0.1, 0.15) is 30.3 Å². The van der Waals surface area contributed by atoms with E-state index < -0.39 is 54.8 Å². The Morgan fingerprint density at radius 2 is 1.52 bits per heavy atom. The van der Waals surface area contributed by atoms with Gasteiger partial charge >= 0.3 is 0 Å². The number of aliphatic hydroxyl groups is 4. The fourth-order valence-electron chi connectivity index (χ4n) is 3.87. The van der Waals surface area contributed by atoms with E-state index in [-0.39, 0.29) is 22.8 Å². The molecular weight excluding hydrogens is 412 g/mol. The molecule has 10 heteroatoms. The average Bonchev–Trinajstić information content (AvgIpc) is 2.72. The van der Waals surface area contributed by atoms with E-state index in [0.29, 0.717) is 5.56 Å². The number of phenols is 3. The minimum Gasteiger partial charge on any atom is -0.508 e. The van der Waals surface area contributed by atoms with Crippen LogP contribution in [0.3, 0.4) is 0 Å². The molecule has 31 heavy (non-hydrogen) atoms. The van der Waals surface area contributed by atoms with Gasteiger partial charge in [0.05, 0.1) is 11.7 Å². The maximum Gasteiger partial charge on any atom is 0.187 e. The van der Waals surface area contributed by atoms with Gasteiger partial charge in [-0.1, -0.05) is 12.1 Å². The predicted octanol–water partition coefficient (Wildman–Crippen LogP) is 0.183. The van der Waals surface area contributed by atoms with Crippen molar-refractivity contribution in [1.29, 1.82) is 0 Å². The van der Waals surface area contributed by atoms with Crippen molar-refractivity contribution in [1.82, 2.24) is 0 Å². The zero-order chi connectivity index (χ0) is 22.4. The van der Waals surface area contributed by atoms with Crippen LogP contribution in [0.4, 0.5) is 0 Å². The van der Waals surface area contributed by atoms with Gasteiger partial charge in [-0.15, -0.1) is 0 Å². The van der Waals surface area contributed by atoms with Crippen molar-refractivity contribution in [3.8, 4) is 23.0 Å². The van der Waals surface area contributed by atoms with Crippen LogP contribution in [-0.4, -0.2) is 72.6 Å². The third kappa shape index (κ3) is 3.89. The summed E-state index contributed by atoms with van der Waals surface area (Å²) in [7, 11) is 0. The van der Waals surface area contributed by atoms with E-state index >= 15 is 0 Å². The second-order valence-corrected chi connectivity index (χ2v) is 7.73. The standard InChI is InChI=1S/C21H24O10/c1-8-15(25)17(27)18(28)21(29-8)31-20-16(26)14-12(24)6-11(23)7-13(14)30-19(20)9-2-4-10(22)5-3-9/h2-8,15-28H,1H3. The summed E-state index contributed by atoms with van der Waals surface area (Å²) in [5.74, 6) is -0.666. The fraction of sp³-hybridized carbons (Fsp3) is 0.429. The summed E-state index contributed by atoms with van der Waals surface area (Å²) in [4.78, 5) is 0. The summed E-state index contributed by atoms with van der Waals surface area (Å²) < 4.78 is 17.2. The van der Waals surface area contributed by atoms with E-state index in [4.69, 9.17) is 14.2 Å². The number of benzene rings is 2. The monoisotopic (exact) mass is 436 g/mol. The highest BCUT2D eigenvalue weighted by Crippen LogP contribution is 2.48. The van der Waals surface area contributed by atoms with E-state index in [1.165, 1.54) is 37.3 Å². The van der Waals surface area contributed by atoms with Crippen LogP contribution in [0.5, 0.6) is 23.0 Å². The Hall–Kier alpha value is -2.60. The van der Waals surface area contributed by atoms with Crippen LogP contribution in [0.25, 0.3) is 0 Å². The number of hydrogen-bond acceptors (Lipinski definition) is 10. The van der Waals surface area contributed by atoms with Gasteiger partial charge in [0.2, 0.25) is 0 Å². The Balaban J connectivity index is 1.72. The second-order valence-electron chi connectivity index (χ2n) is 7.73. The van der Waals surface area contributed by atoms with Crippen molar-refractivity contribution < 1.29 is 50.0 Å². The molecule has 0 aromatic heterocycles. The van der Waals surface area contributed by atoms with Crippen molar-refractivity contribution in [3.63, 3.8) is 0 Å². The maximum atomic E-state index is 11.0. The summed E-state index contributed by atoms with van der Waals surface area (Å²) in [5.41, 5.74) is 0.450. The SMILES string of the molecule is CC1OC(OC2C(O)c3c(O)cc(O)cc3OC2c2ccc(O)cc2)C(O)C(O)C1O. The molecule has 2 aromatic rings. The summed E-state index contributed by atoms with van der Waals surface area (Å²) in [6.45, 7) is 1.49. The molecule has 0 bridgehead atoms. The average molecular weight is 436 g/mol. The van der Waals surface area contributed by atoms with Gasteiger partial charge in [-0.25, -0.2) is 0 Å². The number of phenolic OH excluding ortho intramolecular Hbond substituents is 3. The minimum atomic E-state index is -1.62. The van der Waals surface area contributed by atoms with Crippen molar-refractivity contribution >= 4 is 0 Å². The predicted molar refractivity (Wildman–Crippen MR) is 103 cm³/mol. The van der Waals surface area contributed by atoms with Crippen LogP contribution < -0.4 is 4.74 Å². The van der Waals surface area contributed by atoms with Gasteiger partial charge in [-0.05, 0) is 24.6 Å². The number of hydrogen-bond donors (Lipinski definition) is 7. The molecule has 4 rings (SSSR count). The molecule has 8 unspecified atom stereocenters. The first kappa shape index (κ1) is 21.6.